The van der Waals surface area contributed by atoms with Gasteiger partial charge < -0.3 is 38.5 Å². The van der Waals surface area contributed by atoms with E-state index in [1.165, 1.54) is 16.7 Å². The lowest BCUT2D eigenvalue weighted by atomic mass is 9.86. The Hall–Kier alpha value is -3.73. The second-order valence-corrected chi connectivity index (χ2v) is 12.8. The molecule has 0 spiro atoms. The number of carbonyl (C=O) groups is 1. The average molecular weight is 696 g/mol. The van der Waals surface area contributed by atoms with Crippen LogP contribution < -0.4 is 29.0 Å². The maximum Gasteiger partial charge on any atom is 0.161 e. The summed E-state index contributed by atoms with van der Waals surface area (Å²) in [5.74, 6) is 3.89. The first-order valence-electron chi connectivity index (χ1n) is 15.6. The van der Waals surface area contributed by atoms with Gasteiger partial charge in [0.25, 0.3) is 0 Å². The molecule has 3 aromatic carbocycles. The van der Waals surface area contributed by atoms with Crippen LogP contribution in [0.15, 0.2) is 53.1 Å². The lowest BCUT2D eigenvalue weighted by Gasteiger charge is -2.46. The zero-order valence-corrected chi connectivity index (χ0v) is 29.2. The van der Waals surface area contributed by atoms with E-state index in [1.807, 2.05) is 24.3 Å². The number of Topliss-reactive ketones (excluding diaryl/α,β-unsaturated/α-hetero) is 1. The molecule has 0 radical (unpaired) electrons. The van der Waals surface area contributed by atoms with Crippen LogP contribution in [0.3, 0.4) is 0 Å². The fraction of sp³-hybridized carbons (Fsp3) is 0.417. The van der Waals surface area contributed by atoms with Crippen molar-refractivity contribution in [2.24, 2.45) is 0 Å². The molecule has 2 heterocycles. The van der Waals surface area contributed by atoms with Crippen molar-refractivity contribution in [2.75, 3.05) is 68.8 Å². The number of H-pyrrole nitrogens is 1. The highest BCUT2D eigenvalue weighted by Crippen LogP contribution is 2.43. The number of aromatic amines is 1. The SMILES string of the molecule is COc1ccc2[nH]c(Br)c(CCNCC(=O)CC[N+]3(C)CCc4cc(OC)c(OC)cc4C3Cc3ccc(OC)c(OC)c3)c2c1. The molecule has 2 N–H and O–H groups in total. The number of methoxy groups -OCH3 is 5. The topological polar surface area (TPSA) is 91.0 Å². The standard InChI is InChI=1S/C36H45BrN3O6/c1-40(16-13-25(41)22-38-14-11-27-29-20-26(42-2)8-9-30(29)39-36(27)37)15-12-24-19-34(45-5)35(46-6)21-28(24)31(40)17-23-7-10-32(43-3)33(18-23)44-4/h7-10,18-21,31,38-39H,11-17,22H2,1-6H3/q+1. The molecular formula is C36H45BrN3O6+. The van der Waals surface area contributed by atoms with Gasteiger partial charge in [-0.1, -0.05) is 6.07 Å². The van der Waals surface area contributed by atoms with Crippen LogP contribution >= 0.6 is 15.9 Å². The minimum absolute atomic E-state index is 0.110. The van der Waals surface area contributed by atoms with Gasteiger partial charge in [-0.05, 0) is 88.1 Å². The highest BCUT2D eigenvalue weighted by Gasteiger charge is 2.40. The first-order chi connectivity index (χ1) is 22.2. The minimum Gasteiger partial charge on any atom is -0.497 e. The summed E-state index contributed by atoms with van der Waals surface area (Å²) >= 11 is 3.66. The molecule has 1 aliphatic rings. The maximum absolute atomic E-state index is 13.2. The number of nitrogens with zero attached hydrogens (tertiary/aromatic N) is 1. The summed E-state index contributed by atoms with van der Waals surface area (Å²) in [6, 6.07) is 16.5. The summed E-state index contributed by atoms with van der Waals surface area (Å²) in [5.41, 5.74) is 5.85. The summed E-state index contributed by atoms with van der Waals surface area (Å²) < 4.78 is 29.6. The molecule has 2 atom stereocenters. The number of ketones is 1. The van der Waals surface area contributed by atoms with E-state index >= 15 is 0 Å². The third kappa shape index (κ3) is 7.14. The van der Waals surface area contributed by atoms with Gasteiger partial charge >= 0.3 is 0 Å². The summed E-state index contributed by atoms with van der Waals surface area (Å²) in [4.78, 5) is 16.6. The average Bonchev–Trinajstić information content (AvgIpc) is 3.39. The van der Waals surface area contributed by atoms with Crippen molar-refractivity contribution in [3.05, 3.63) is 75.4 Å². The molecule has 0 fully saturated rings. The Morgan fingerprint density at radius 3 is 2.35 bits per heavy atom. The van der Waals surface area contributed by atoms with E-state index in [4.69, 9.17) is 23.7 Å². The number of halogens is 1. The number of ether oxygens (including phenoxy) is 5. The summed E-state index contributed by atoms with van der Waals surface area (Å²) in [7, 11) is 10.6. The maximum atomic E-state index is 13.2. The third-order valence-electron chi connectivity index (χ3n) is 9.36. The van der Waals surface area contributed by atoms with Crippen LogP contribution in [0.4, 0.5) is 0 Å². The normalized spacial score (nSPS) is 17.4. The van der Waals surface area contributed by atoms with Crippen molar-refractivity contribution >= 4 is 32.6 Å². The Labute approximate surface area is 279 Å². The van der Waals surface area contributed by atoms with Gasteiger partial charge in [0, 0.05) is 29.3 Å². The minimum atomic E-state index is 0.110. The molecule has 246 valence electrons. The molecule has 46 heavy (non-hydrogen) atoms. The van der Waals surface area contributed by atoms with Gasteiger partial charge in [0.05, 0.1) is 73.3 Å². The zero-order valence-electron chi connectivity index (χ0n) is 27.6. The molecule has 0 saturated heterocycles. The number of quaternary nitrogens is 1. The highest BCUT2D eigenvalue weighted by atomic mass is 79.9. The van der Waals surface area contributed by atoms with Crippen molar-refractivity contribution in [2.45, 2.75) is 31.7 Å². The first-order valence-corrected chi connectivity index (χ1v) is 16.4. The summed E-state index contributed by atoms with van der Waals surface area (Å²) in [6.45, 7) is 2.68. The van der Waals surface area contributed by atoms with Gasteiger partial charge in [-0.25, -0.2) is 0 Å². The van der Waals surface area contributed by atoms with E-state index in [9.17, 15) is 4.79 Å². The van der Waals surface area contributed by atoms with Crippen LogP contribution in [0.1, 0.15) is 34.7 Å². The van der Waals surface area contributed by atoms with E-state index in [1.54, 1.807) is 35.5 Å². The molecule has 1 aliphatic heterocycles. The molecule has 0 aliphatic carbocycles. The fourth-order valence-electron chi connectivity index (χ4n) is 6.63. The lowest BCUT2D eigenvalue weighted by Crippen LogP contribution is -2.53. The molecule has 5 rings (SSSR count). The fourth-order valence-corrected chi connectivity index (χ4v) is 7.26. The van der Waals surface area contributed by atoms with Crippen LogP contribution in [0.5, 0.6) is 28.7 Å². The number of fused-ring (bicyclic) bond motifs is 2. The van der Waals surface area contributed by atoms with E-state index < -0.39 is 0 Å². The molecule has 0 bridgehead atoms. The molecule has 4 aromatic rings. The van der Waals surface area contributed by atoms with Crippen LogP contribution in [-0.2, 0) is 24.1 Å². The Bertz CT molecular complexity index is 1690. The Kier molecular flexibility index (Phi) is 10.8. The second-order valence-electron chi connectivity index (χ2n) is 12.0. The largest absolute Gasteiger partial charge is 0.497 e. The highest BCUT2D eigenvalue weighted by molar-refractivity contribution is 9.10. The van der Waals surface area contributed by atoms with Gasteiger partial charge in [0.15, 0.2) is 28.8 Å². The molecular weight excluding hydrogens is 650 g/mol. The number of likely N-dealkylation sites (N-methyl/N-ethyl adjacent to an activating group) is 1. The molecule has 2 unspecified atom stereocenters. The van der Waals surface area contributed by atoms with E-state index in [0.29, 0.717) is 36.8 Å². The number of rotatable bonds is 15. The van der Waals surface area contributed by atoms with Crippen LogP contribution in [0, 0.1) is 0 Å². The Morgan fingerprint density at radius 2 is 1.63 bits per heavy atom. The van der Waals surface area contributed by atoms with Crippen molar-refractivity contribution in [3.63, 3.8) is 0 Å². The number of carbonyl (C=O) groups excluding carboxylic acids is 1. The van der Waals surface area contributed by atoms with Crippen LogP contribution in [0.2, 0.25) is 0 Å². The van der Waals surface area contributed by atoms with Gasteiger partial charge in [-0.15, -0.1) is 0 Å². The zero-order chi connectivity index (χ0) is 32.8. The molecule has 10 heteroatoms. The molecule has 0 saturated carbocycles. The lowest BCUT2D eigenvalue weighted by molar-refractivity contribution is -0.940. The monoisotopic (exact) mass is 694 g/mol. The van der Waals surface area contributed by atoms with Crippen LogP contribution in [0.25, 0.3) is 10.9 Å². The van der Waals surface area contributed by atoms with E-state index in [-0.39, 0.29) is 11.8 Å². The predicted octanol–water partition coefficient (Wildman–Crippen LogP) is 6.05. The van der Waals surface area contributed by atoms with Crippen molar-refractivity contribution in [3.8, 4) is 28.7 Å². The van der Waals surface area contributed by atoms with Crippen LogP contribution in [-0.4, -0.2) is 84.0 Å². The number of hydrogen-bond donors (Lipinski definition) is 2. The molecule has 1 aromatic heterocycles. The van der Waals surface area contributed by atoms with Gasteiger partial charge in [0.1, 0.15) is 11.8 Å². The van der Waals surface area contributed by atoms with Gasteiger partial charge in [-0.2, -0.15) is 0 Å². The number of hydrogen-bond acceptors (Lipinski definition) is 7. The predicted molar refractivity (Wildman–Crippen MR) is 184 cm³/mol. The van der Waals surface area contributed by atoms with Gasteiger partial charge in [-0.3, -0.25) is 4.79 Å². The molecule has 0 amide bonds. The third-order valence-corrected chi connectivity index (χ3v) is 10.0. The summed E-state index contributed by atoms with van der Waals surface area (Å²) in [5, 5.41) is 4.51. The van der Waals surface area contributed by atoms with E-state index in [2.05, 4.69) is 57.5 Å². The number of nitrogens with one attached hydrogen (secondary N) is 2. The number of benzene rings is 3. The second kappa shape index (κ2) is 14.8. The first kappa shape index (κ1) is 33.6. The quantitative estimate of drug-likeness (QED) is 0.116. The van der Waals surface area contributed by atoms with Crippen molar-refractivity contribution < 1.29 is 33.0 Å². The molecule has 9 nitrogen and oxygen atoms in total. The Morgan fingerprint density at radius 1 is 0.913 bits per heavy atom. The summed E-state index contributed by atoms with van der Waals surface area (Å²) in [6.07, 6.45) is 2.94. The van der Waals surface area contributed by atoms with Crippen molar-refractivity contribution in [1.29, 1.82) is 0 Å². The smallest absolute Gasteiger partial charge is 0.161 e. The Balaban J connectivity index is 1.28. The van der Waals surface area contributed by atoms with E-state index in [0.717, 1.165) is 69.4 Å². The van der Waals surface area contributed by atoms with Crippen molar-refractivity contribution in [1.82, 2.24) is 10.3 Å². The number of aromatic nitrogens is 1. The van der Waals surface area contributed by atoms with Gasteiger partial charge in [0.2, 0.25) is 0 Å².